The molecule has 0 amide bonds. The van der Waals surface area contributed by atoms with Gasteiger partial charge in [-0.1, -0.05) is 34.8 Å². The van der Waals surface area contributed by atoms with Gasteiger partial charge in [0.15, 0.2) is 0 Å². The Bertz CT molecular complexity index is 435. The molecule has 0 fully saturated rings. The van der Waals surface area contributed by atoms with Crippen molar-refractivity contribution in [2.24, 2.45) is 0 Å². The summed E-state index contributed by atoms with van der Waals surface area (Å²) in [6.45, 7) is 0. The van der Waals surface area contributed by atoms with Gasteiger partial charge in [0.1, 0.15) is 0 Å². The molecule has 8 heteroatoms. The molecule has 0 unspecified atom stereocenters. The first-order valence-electron chi connectivity index (χ1n) is 4.42. The van der Waals surface area contributed by atoms with Crippen LogP contribution in [0.5, 0.6) is 0 Å². The number of hydrogen-bond acceptors (Lipinski definition) is 4. The molecule has 0 aliphatic rings. The minimum absolute atomic E-state index is 0.102. The molecule has 0 N–H and O–H groups in total. The molecule has 94 valence electrons. The summed E-state index contributed by atoms with van der Waals surface area (Å²) in [5.74, 6) is 0. The predicted octanol–water partition coefficient (Wildman–Crippen LogP) is 3.99. The number of halogens is 3. The van der Waals surface area contributed by atoms with Gasteiger partial charge in [-0.25, -0.2) is 0 Å². The lowest BCUT2D eigenvalue weighted by atomic mass is 10.2. The first kappa shape index (κ1) is 14.9. The molecule has 0 aliphatic heterocycles. The van der Waals surface area contributed by atoms with Crippen molar-refractivity contribution >= 4 is 52.4 Å². The minimum Gasteiger partial charge on any atom is -0.258 e. The summed E-state index contributed by atoms with van der Waals surface area (Å²) in [4.78, 5) is 10.8. The van der Waals surface area contributed by atoms with Crippen molar-refractivity contribution < 1.29 is 4.92 Å². The summed E-state index contributed by atoms with van der Waals surface area (Å²) in [5.41, 5.74) is 0.199. The Labute approximate surface area is 118 Å². The third kappa shape index (κ3) is 4.19. The Kier molecular flexibility index (Phi) is 4.92. The standard InChI is InChI=1S/C9H9Cl3N2O2S/c1-13(2)17-8-4-3-6(14(15)16)5-7(8)9(10,11)12/h3-5H,1-2H3. The van der Waals surface area contributed by atoms with Gasteiger partial charge in [0.25, 0.3) is 5.69 Å². The van der Waals surface area contributed by atoms with Crippen molar-refractivity contribution in [3.8, 4) is 0 Å². The van der Waals surface area contributed by atoms with Crippen molar-refractivity contribution in [3.63, 3.8) is 0 Å². The van der Waals surface area contributed by atoms with E-state index in [0.29, 0.717) is 10.5 Å². The van der Waals surface area contributed by atoms with Crippen LogP contribution in [0.1, 0.15) is 5.56 Å². The van der Waals surface area contributed by atoms with Crippen LogP contribution in [-0.2, 0) is 3.79 Å². The van der Waals surface area contributed by atoms with Gasteiger partial charge in [0.05, 0.1) is 4.92 Å². The van der Waals surface area contributed by atoms with E-state index < -0.39 is 8.72 Å². The molecule has 1 aromatic rings. The van der Waals surface area contributed by atoms with Gasteiger partial charge in [0, 0.05) is 22.6 Å². The highest BCUT2D eigenvalue weighted by Crippen LogP contribution is 2.44. The maximum absolute atomic E-state index is 10.7. The molecule has 1 rings (SSSR count). The first-order chi connectivity index (χ1) is 7.71. The lowest BCUT2D eigenvalue weighted by molar-refractivity contribution is -0.385. The molecule has 0 heterocycles. The Morgan fingerprint density at radius 2 is 1.94 bits per heavy atom. The van der Waals surface area contributed by atoms with Crippen LogP contribution in [0.3, 0.4) is 0 Å². The molecule has 17 heavy (non-hydrogen) atoms. The fourth-order valence-corrected chi connectivity index (χ4v) is 2.60. The number of rotatable bonds is 3. The van der Waals surface area contributed by atoms with Crippen molar-refractivity contribution in [1.29, 1.82) is 0 Å². The average Bonchev–Trinajstić information content (AvgIpc) is 2.15. The molecule has 0 aromatic heterocycles. The van der Waals surface area contributed by atoms with Crippen molar-refractivity contribution in [2.45, 2.75) is 8.69 Å². The van der Waals surface area contributed by atoms with Crippen molar-refractivity contribution in [2.75, 3.05) is 14.1 Å². The normalized spacial score (nSPS) is 11.9. The molecule has 4 nitrogen and oxygen atoms in total. The van der Waals surface area contributed by atoms with E-state index >= 15 is 0 Å². The van der Waals surface area contributed by atoms with Gasteiger partial charge in [-0.05, 0) is 32.1 Å². The van der Waals surface area contributed by atoms with Gasteiger partial charge in [-0.2, -0.15) is 0 Å². The third-order valence-electron chi connectivity index (χ3n) is 1.76. The zero-order valence-corrected chi connectivity index (χ0v) is 12.1. The van der Waals surface area contributed by atoms with E-state index in [1.807, 2.05) is 14.1 Å². The second kappa shape index (κ2) is 5.63. The average molecular weight is 316 g/mol. The van der Waals surface area contributed by atoms with Gasteiger partial charge < -0.3 is 0 Å². The lowest BCUT2D eigenvalue weighted by Crippen LogP contribution is -2.07. The fraction of sp³-hybridized carbons (Fsp3) is 0.333. The molecule has 0 saturated carbocycles. The highest BCUT2D eigenvalue weighted by molar-refractivity contribution is 7.97. The number of nitro benzene ring substituents is 1. The van der Waals surface area contributed by atoms with Crippen LogP contribution in [0.15, 0.2) is 23.1 Å². The van der Waals surface area contributed by atoms with E-state index in [1.165, 1.54) is 24.1 Å². The molecule has 0 aliphatic carbocycles. The van der Waals surface area contributed by atoms with E-state index in [4.69, 9.17) is 34.8 Å². The van der Waals surface area contributed by atoms with Crippen molar-refractivity contribution in [3.05, 3.63) is 33.9 Å². The molecule has 0 saturated heterocycles. The topological polar surface area (TPSA) is 46.4 Å². The molecule has 0 spiro atoms. The van der Waals surface area contributed by atoms with Crippen LogP contribution in [0.25, 0.3) is 0 Å². The minimum atomic E-state index is -1.69. The molecule has 1 aromatic carbocycles. The number of nitro groups is 1. The smallest absolute Gasteiger partial charge is 0.258 e. The lowest BCUT2D eigenvalue weighted by Gasteiger charge is -2.17. The maximum Gasteiger partial charge on any atom is 0.269 e. The number of alkyl halides is 3. The highest BCUT2D eigenvalue weighted by atomic mass is 35.6. The van der Waals surface area contributed by atoms with Gasteiger partial charge in [-0.15, -0.1) is 0 Å². The Balaban J connectivity index is 3.27. The number of nitrogens with zero attached hydrogens (tertiary/aromatic N) is 2. The van der Waals surface area contributed by atoms with Crippen LogP contribution in [0, 0.1) is 10.1 Å². The Hall–Kier alpha value is -0.200. The fourth-order valence-electron chi connectivity index (χ4n) is 1.13. The van der Waals surface area contributed by atoms with E-state index in [2.05, 4.69) is 0 Å². The summed E-state index contributed by atoms with van der Waals surface area (Å²) >= 11 is 18.7. The molecular weight excluding hydrogens is 307 g/mol. The molecule has 0 radical (unpaired) electrons. The zero-order valence-electron chi connectivity index (χ0n) is 8.99. The summed E-state index contributed by atoms with van der Waals surface area (Å²) < 4.78 is 0.117. The third-order valence-corrected chi connectivity index (χ3v) is 3.29. The van der Waals surface area contributed by atoms with Crippen LogP contribution >= 0.6 is 46.8 Å². The largest absolute Gasteiger partial charge is 0.269 e. The van der Waals surface area contributed by atoms with Crippen LogP contribution < -0.4 is 0 Å². The van der Waals surface area contributed by atoms with E-state index in [-0.39, 0.29) is 5.69 Å². The second-order valence-electron chi connectivity index (χ2n) is 3.34. The number of hydrogen-bond donors (Lipinski definition) is 0. The number of benzene rings is 1. The van der Waals surface area contributed by atoms with Gasteiger partial charge in [-0.3, -0.25) is 14.4 Å². The number of non-ortho nitro benzene ring substituents is 1. The van der Waals surface area contributed by atoms with E-state index in [9.17, 15) is 10.1 Å². The van der Waals surface area contributed by atoms with Crippen LogP contribution in [0.2, 0.25) is 0 Å². The van der Waals surface area contributed by atoms with E-state index in [0.717, 1.165) is 0 Å². The quantitative estimate of drug-likeness (QED) is 0.366. The van der Waals surface area contributed by atoms with Crippen LogP contribution in [0.4, 0.5) is 5.69 Å². The first-order valence-corrected chi connectivity index (χ1v) is 6.33. The molecule has 0 atom stereocenters. The van der Waals surface area contributed by atoms with Gasteiger partial charge >= 0.3 is 0 Å². The van der Waals surface area contributed by atoms with Crippen molar-refractivity contribution in [1.82, 2.24) is 4.31 Å². The Morgan fingerprint density at radius 1 is 1.35 bits per heavy atom. The monoisotopic (exact) mass is 314 g/mol. The highest BCUT2D eigenvalue weighted by Gasteiger charge is 2.28. The predicted molar refractivity (Wildman–Crippen MR) is 71.9 cm³/mol. The maximum atomic E-state index is 10.7. The van der Waals surface area contributed by atoms with Crippen LogP contribution in [-0.4, -0.2) is 23.3 Å². The van der Waals surface area contributed by atoms with Gasteiger partial charge in [0.2, 0.25) is 3.79 Å². The second-order valence-corrected chi connectivity index (χ2v) is 6.97. The summed E-state index contributed by atoms with van der Waals surface area (Å²) in [7, 11) is 3.66. The summed E-state index contributed by atoms with van der Waals surface area (Å²) in [6, 6.07) is 4.23. The van der Waals surface area contributed by atoms with E-state index in [1.54, 1.807) is 10.4 Å². The molecule has 0 bridgehead atoms. The molecular formula is C9H9Cl3N2O2S. The zero-order chi connectivity index (χ0) is 13.2. The summed E-state index contributed by atoms with van der Waals surface area (Å²) in [5, 5.41) is 10.7. The SMILES string of the molecule is CN(C)Sc1ccc([N+](=O)[O-])cc1C(Cl)(Cl)Cl. The summed E-state index contributed by atoms with van der Waals surface area (Å²) in [6.07, 6.45) is 0. The Morgan fingerprint density at radius 3 is 2.35 bits per heavy atom.